The fourth-order valence-corrected chi connectivity index (χ4v) is 2.11. The maximum atomic E-state index is 11.9. The normalized spacial score (nSPS) is 21.2. The average molecular weight is 265 g/mol. The fraction of sp³-hybridized carbons (Fsp3) is 0.818. The molecule has 1 amide bonds. The standard InChI is InChI=1S/C11H20N2O3.ClH/c1-7(2)6-8(12)10(14)13-5-3-4-9(13)11(15)16;/h7-9H,3-6,12H2,1-2H3,(H,15,16);1H. The maximum absolute atomic E-state index is 11.9. The summed E-state index contributed by atoms with van der Waals surface area (Å²) in [5, 5.41) is 8.96. The van der Waals surface area contributed by atoms with Gasteiger partial charge in [-0.1, -0.05) is 13.8 Å². The molecule has 6 heteroatoms. The highest BCUT2D eigenvalue weighted by atomic mass is 35.5. The molecule has 0 aliphatic carbocycles. The Labute approximate surface area is 108 Å². The van der Waals surface area contributed by atoms with Gasteiger partial charge in [-0.05, 0) is 25.2 Å². The molecule has 0 radical (unpaired) electrons. The largest absolute Gasteiger partial charge is 0.480 e. The van der Waals surface area contributed by atoms with Crippen molar-refractivity contribution in [1.29, 1.82) is 0 Å². The van der Waals surface area contributed by atoms with Gasteiger partial charge in [0.05, 0.1) is 6.04 Å². The summed E-state index contributed by atoms with van der Waals surface area (Å²) in [4.78, 5) is 24.3. The number of amides is 1. The van der Waals surface area contributed by atoms with E-state index in [9.17, 15) is 9.59 Å². The summed E-state index contributed by atoms with van der Waals surface area (Å²) in [7, 11) is 0. The van der Waals surface area contributed by atoms with Crippen LogP contribution in [0.2, 0.25) is 0 Å². The lowest BCUT2D eigenvalue weighted by Crippen LogP contribution is -2.48. The number of nitrogens with two attached hydrogens (primary N) is 1. The van der Waals surface area contributed by atoms with Gasteiger partial charge in [-0.25, -0.2) is 4.79 Å². The predicted molar refractivity (Wildman–Crippen MR) is 67.0 cm³/mol. The van der Waals surface area contributed by atoms with Gasteiger partial charge in [0.15, 0.2) is 0 Å². The fourth-order valence-electron chi connectivity index (χ4n) is 2.11. The second-order valence-corrected chi connectivity index (χ2v) is 4.76. The molecule has 1 saturated heterocycles. The molecule has 0 aromatic carbocycles. The second-order valence-electron chi connectivity index (χ2n) is 4.76. The molecule has 5 nitrogen and oxygen atoms in total. The van der Waals surface area contributed by atoms with Crippen LogP contribution in [0.25, 0.3) is 0 Å². The summed E-state index contributed by atoms with van der Waals surface area (Å²) < 4.78 is 0. The van der Waals surface area contributed by atoms with Crippen molar-refractivity contribution < 1.29 is 14.7 Å². The number of hydrogen-bond acceptors (Lipinski definition) is 3. The third kappa shape index (κ3) is 4.16. The van der Waals surface area contributed by atoms with Crippen LogP contribution in [-0.4, -0.2) is 40.5 Å². The van der Waals surface area contributed by atoms with Gasteiger partial charge in [0, 0.05) is 6.54 Å². The molecule has 0 bridgehead atoms. The molecule has 0 saturated carbocycles. The number of halogens is 1. The minimum absolute atomic E-state index is 0. The molecule has 0 aromatic rings. The summed E-state index contributed by atoms with van der Waals surface area (Å²) in [6.45, 7) is 4.50. The van der Waals surface area contributed by atoms with Crippen LogP contribution in [0.3, 0.4) is 0 Å². The van der Waals surface area contributed by atoms with Crippen molar-refractivity contribution in [3.8, 4) is 0 Å². The molecule has 17 heavy (non-hydrogen) atoms. The lowest BCUT2D eigenvalue weighted by atomic mass is 10.0. The predicted octanol–water partition coefficient (Wildman–Crippen LogP) is 0.857. The third-order valence-electron chi connectivity index (χ3n) is 2.86. The van der Waals surface area contributed by atoms with Crippen LogP contribution in [0.5, 0.6) is 0 Å². The summed E-state index contributed by atoms with van der Waals surface area (Å²) in [6, 6.07) is -1.24. The van der Waals surface area contributed by atoms with Crippen molar-refractivity contribution >= 4 is 24.3 Å². The Balaban J connectivity index is 0.00000256. The van der Waals surface area contributed by atoms with Crippen LogP contribution in [0, 0.1) is 5.92 Å². The Bertz CT molecular complexity index is 284. The third-order valence-corrected chi connectivity index (χ3v) is 2.86. The quantitative estimate of drug-likeness (QED) is 0.789. The highest BCUT2D eigenvalue weighted by Gasteiger charge is 2.35. The van der Waals surface area contributed by atoms with Crippen LogP contribution in [0.1, 0.15) is 33.1 Å². The Morgan fingerprint density at radius 3 is 2.53 bits per heavy atom. The van der Waals surface area contributed by atoms with Crippen LogP contribution in [0.4, 0.5) is 0 Å². The van der Waals surface area contributed by atoms with Crippen molar-refractivity contribution in [2.24, 2.45) is 11.7 Å². The molecular weight excluding hydrogens is 244 g/mol. The zero-order valence-corrected chi connectivity index (χ0v) is 11.1. The summed E-state index contributed by atoms with van der Waals surface area (Å²) >= 11 is 0. The number of nitrogens with zero attached hydrogens (tertiary/aromatic N) is 1. The van der Waals surface area contributed by atoms with Crippen molar-refractivity contribution in [3.63, 3.8) is 0 Å². The lowest BCUT2D eigenvalue weighted by Gasteiger charge is -2.25. The monoisotopic (exact) mass is 264 g/mol. The minimum atomic E-state index is -0.928. The molecule has 100 valence electrons. The maximum Gasteiger partial charge on any atom is 0.326 e. The van der Waals surface area contributed by atoms with Crippen molar-refractivity contribution in [3.05, 3.63) is 0 Å². The molecule has 1 aliphatic heterocycles. The molecule has 2 atom stereocenters. The number of carboxylic acids is 1. The zero-order chi connectivity index (χ0) is 12.3. The Hall–Kier alpha value is -0.810. The van der Waals surface area contributed by atoms with Gasteiger partial charge in [-0.2, -0.15) is 0 Å². The van der Waals surface area contributed by atoms with Gasteiger partial charge in [0.1, 0.15) is 6.04 Å². The van der Waals surface area contributed by atoms with E-state index >= 15 is 0 Å². The van der Waals surface area contributed by atoms with Crippen LogP contribution in [0.15, 0.2) is 0 Å². The second kappa shape index (κ2) is 6.81. The molecule has 1 rings (SSSR count). The number of rotatable bonds is 4. The van der Waals surface area contributed by atoms with Gasteiger partial charge >= 0.3 is 5.97 Å². The van der Waals surface area contributed by atoms with Gasteiger partial charge in [-0.3, -0.25) is 4.79 Å². The molecule has 2 unspecified atom stereocenters. The van der Waals surface area contributed by atoms with E-state index in [2.05, 4.69) is 0 Å². The van der Waals surface area contributed by atoms with Crippen molar-refractivity contribution in [2.45, 2.75) is 45.2 Å². The van der Waals surface area contributed by atoms with E-state index in [-0.39, 0.29) is 18.3 Å². The number of carbonyl (C=O) groups excluding carboxylic acids is 1. The highest BCUT2D eigenvalue weighted by molar-refractivity contribution is 5.87. The zero-order valence-electron chi connectivity index (χ0n) is 10.3. The van der Waals surface area contributed by atoms with E-state index < -0.39 is 18.1 Å². The summed E-state index contributed by atoms with van der Waals surface area (Å²) in [6.07, 6.45) is 1.88. The van der Waals surface area contributed by atoms with Crippen LogP contribution < -0.4 is 5.73 Å². The van der Waals surface area contributed by atoms with E-state index in [0.29, 0.717) is 25.3 Å². The molecule has 3 N–H and O–H groups in total. The van der Waals surface area contributed by atoms with Gasteiger partial charge in [0.2, 0.25) is 5.91 Å². The summed E-state index contributed by atoms with van der Waals surface area (Å²) in [5.41, 5.74) is 5.78. The Morgan fingerprint density at radius 1 is 1.47 bits per heavy atom. The van der Waals surface area contributed by atoms with Crippen molar-refractivity contribution in [2.75, 3.05) is 6.54 Å². The smallest absolute Gasteiger partial charge is 0.326 e. The average Bonchev–Trinajstić information content (AvgIpc) is 2.63. The number of aliphatic carboxylic acids is 1. The first-order chi connectivity index (χ1) is 7.43. The summed E-state index contributed by atoms with van der Waals surface area (Å²) in [5.74, 6) is -0.814. The first-order valence-electron chi connectivity index (χ1n) is 5.72. The number of likely N-dealkylation sites (tertiary alicyclic amines) is 1. The van der Waals surface area contributed by atoms with Gasteiger partial charge in [0.25, 0.3) is 0 Å². The molecular formula is C11H21ClN2O3. The lowest BCUT2D eigenvalue weighted by molar-refractivity contribution is -0.148. The topological polar surface area (TPSA) is 83.6 Å². The first kappa shape index (κ1) is 16.2. The van der Waals surface area contributed by atoms with Gasteiger partial charge < -0.3 is 15.7 Å². The van der Waals surface area contributed by atoms with E-state index in [1.165, 1.54) is 4.90 Å². The number of hydrogen-bond donors (Lipinski definition) is 2. The van der Waals surface area contributed by atoms with E-state index in [1.54, 1.807) is 0 Å². The van der Waals surface area contributed by atoms with Crippen molar-refractivity contribution in [1.82, 2.24) is 4.90 Å². The number of carboxylic acid groups (broad SMARTS) is 1. The molecule has 0 spiro atoms. The minimum Gasteiger partial charge on any atom is -0.480 e. The molecule has 0 aromatic heterocycles. The first-order valence-corrected chi connectivity index (χ1v) is 5.72. The van der Waals surface area contributed by atoms with Gasteiger partial charge in [-0.15, -0.1) is 12.4 Å². The molecule has 1 aliphatic rings. The molecule has 1 heterocycles. The van der Waals surface area contributed by atoms with Crippen LogP contribution >= 0.6 is 12.4 Å². The number of carbonyl (C=O) groups is 2. The highest BCUT2D eigenvalue weighted by Crippen LogP contribution is 2.19. The Kier molecular flexibility index (Phi) is 6.49. The van der Waals surface area contributed by atoms with E-state index in [1.807, 2.05) is 13.8 Å². The SMILES string of the molecule is CC(C)CC(N)C(=O)N1CCCC1C(=O)O.Cl. The van der Waals surface area contributed by atoms with E-state index in [0.717, 1.165) is 6.42 Å². The van der Waals surface area contributed by atoms with E-state index in [4.69, 9.17) is 10.8 Å². The van der Waals surface area contributed by atoms with Crippen LogP contribution in [-0.2, 0) is 9.59 Å². The Morgan fingerprint density at radius 2 is 2.06 bits per heavy atom. The molecule has 1 fully saturated rings.